The highest BCUT2D eigenvalue weighted by atomic mass is 35.5. The lowest BCUT2D eigenvalue weighted by molar-refractivity contribution is -0.137. The van der Waals surface area contributed by atoms with E-state index in [-0.39, 0.29) is 0 Å². The third kappa shape index (κ3) is 3.04. The average molecular weight is 199 g/mol. The summed E-state index contributed by atoms with van der Waals surface area (Å²) in [6.45, 7) is -0.728. The maximum Gasteiger partial charge on any atom is 0.178 e. The van der Waals surface area contributed by atoms with E-state index in [4.69, 9.17) is 32.0 Å². The van der Waals surface area contributed by atoms with Crippen molar-refractivity contribution in [2.45, 2.75) is 18.3 Å². The standard InChI is InChI=1S/C6H11ClO5/c7-1-3(9)5(11)6(12)4(10)2-8/h4-6,8,10-12H,1-2H2. The second kappa shape index (κ2) is 5.45. The van der Waals surface area contributed by atoms with E-state index in [1.54, 1.807) is 0 Å². The fraction of sp³-hybridized carbons (Fsp3) is 0.833. The molecule has 0 bridgehead atoms. The molecule has 0 radical (unpaired) electrons. The lowest BCUT2D eigenvalue weighted by Gasteiger charge is -2.19. The van der Waals surface area contributed by atoms with Gasteiger partial charge < -0.3 is 20.4 Å². The van der Waals surface area contributed by atoms with E-state index in [9.17, 15) is 4.79 Å². The van der Waals surface area contributed by atoms with Gasteiger partial charge in [-0.1, -0.05) is 0 Å². The molecule has 0 heterocycles. The molecule has 4 N–H and O–H groups in total. The van der Waals surface area contributed by atoms with Gasteiger partial charge in [-0.25, -0.2) is 0 Å². The maximum atomic E-state index is 10.6. The first kappa shape index (κ1) is 11.8. The fourth-order valence-corrected chi connectivity index (χ4v) is 0.746. The number of hydrogen-bond donors (Lipinski definition) is 4. The van der Waals surface area contributed by atoms with E-state index in [1.165, 1.54) is 0 Å². The van der Waals surface area contributed by atoms with E-state index in [1.807, 2.05) is 0 Å². The van der Waals surface area contributed by atoms with Gasteiger partial charge in [-0.05, 0) is 0 Å². The van der Waals surface area contributed by atoms with Crippen molar-refractivity contribution >= 4 is 17.4 Å². The van der Waals surface area contributed by atoms with Gasteiger partial charge in [0, 0.05) is 0 Å². The van der Waals surface area contributed by atoms with Gasteiger partial charge in [0.05, 0.1) is 12.5 Å². The Bertz CT molecular complexity index is 151. The smallest absolute Gasteiger partial charge is 0.178 e. The summed E-state index contributed by atoms with van der Waals surface area (Å²) in [5.41, 5.74) is 0. The summed E-state index contributed by atoms with van der Waals surface area (Å²) in [4.78, 5) is 10.6. The molecule has 0 amide bonds. The Kier molecular flexibility index (Phi) is 5.36. The van der Waals surface area contributed by atoms with Gasteiger partial charge in [-0.3, -0.25) is 4.79 Å². The summed E-state index contributed by atoms with van der Waals surface area (Å²) in [5.74, 6) is -1.24. The van der Waals surface area contributed by atoms with E-state index in [0.717, 1.165) is 0 Å². The third-order valence-electron chi connectivity index (χ3n) is 1.37. The second-order valence-corrected chi connectivity index (χ2v) is 2.55. The van der Waals surface area contributed by atoms with Crippen molar-refractivity contribution < 1.29 is 25.2 Å². The van der Waals surface area contributed by atoms with Gasteiger partial charge in [0.2, 0.25) is 0 Å². The first-order valence-corrected chi connectivity index (χ1v) is 3.81. The highest BCUT2D eigenvalue weighted by molar-refractivity contribution is 6.28. The number of ketones is 1. The average Bonchev–Trinajstić information content (AvgIpc) is 2.12. The molecular weight excluding hydrogens is 188 g/mol. The number of aliphatic hydroxyl groups is 4. The van der Waals surface area contributed by atoms with Crippen molar-refractivity contribution in [3.8, 4) is 0 Å². The Morgan fingerprint density at radius 3 is 2.17 bits per heavy atom. The lowest BCUT2D eigenvalue weighted by Crippen LogP contribution is -2.44. The van der Waals surface area contributed by atoms with Crippen LogP contribution in [0, 0.1) is 0 Å². The van der Waals surface area contributed by atoms with Crippen LogP contribution in [0.25, 0.3) is 0 Å². The predicted molar refractivity (Wildman–Crippen MR) is 40.8 cm³/mol. The number of Topliss-reactive ketones (excluding diaryl/α,β-unsaturated/α-hetero) is 1. The molecule has 12 heavy (non-hydrogen) atoms. The zero-order valence-electron chi connectivity index (χ0n) is 6.22. The molecule has 0 aromatic rings. The van der Waals surface area contributed by atoms with E-state index in [0.29, 0.717) is 0 Å². The summed E-state index contributed by atoms with van der Waals surface area (Å²) in [7, 11) is 0. The molecule has 0 aliphatic rings. The van der Waals surface area contributed by atoms with Crippen LogP contribution in [0.4, 0.5) is 0 Å². The number of hydrogen-bond acceptors (Lipinski definition) is 5. The summed E-state index contributed by atoms with van der Waals surface area (Å²) in [6, 6.07) is 0. The molecule has 0 aliphatic carbocycles. The molecule has 0 rings (SSSR count). The van der Waals surface area contributed by atoms with Crippen molar-refractivity contribution in [2.75, 3.05) is 12.5 Å². The van der Waals surface area contributed by atoms with Crippen LogP contribution in [0.2, 0.25) is 0 Å². The van der Waals surface area contributed by atoms with Gasteiger partial charge in [0.25, 0.3) is 0 Å². The fourth-order valence-electron chi connectivity index (χ4n) is 0.588. The molecule has 0 spiro atoms. The van der Waals surface area contributed by atoms with Crippen molar-refractivity contribution in [3.63, 3.8) is 0 Å². The zero-order valence-corrected chi connectivity index (χ0v) is 6.98. The van der Waals surface area contributed by atoms with Crippen LogP contribution < -0.4 is 0 Å². The Morgan fingerprint density at radius 1 is 1.33 bits per heavy atom. The minimum absolute atomic E-state index is 0.448. The van der Waals surface area contributed by atoms with Crippen LogP contribution >= 0.6 is 11.6 Å². The number of alkyl halides is 1. The molecule has 0 saturated carbocycles. The normalized spacial score (nSPS) is 18.4. The Hall–Kier alpha value is -0.200. The molecule has 3 unspecified atom stereocenters. The number of carbonyl (C=O) groups is 1. The topological polar surface area (TPSA) is 98.0 Å². The quantitative estimate of drug-likeness (QED) is 0.379. The molecule has 0 aromatic heterocycles. The SMILES string of the molecule is O=C(CCl)C(O)C(O)C(O)CO. The molecule has 3 atom stereocenters. The summed E-state index contributed by atoms with van der Waals surface area (Å²) in [6.07, 6.45) is -4.97. The molecule has 0 aromatic carbocycles. The van der Waals surface area contributed by atoms with E-state index >= 15 is 0 Å². The molecule has 6 heteroatoms. The van der Waals surface area contributed by atoms with Gasteiger partial charge in [-0.2, -0.15) is 0 Å². The van der Waals surface area contributed by atoms with Crippen LogP contribution in [0.3, 0.4) is 0 Å². The molecule has 0 fully saturated rings. The van der Waals surface area contributed by atoms with E-state index in [2.05, 4.69) is 0 Å². The zero-order chi connectivity index (χ0) is 9.72. The van der Waals surface area contributed by atoms with Crippen LogP contribution in [-0.2, 0) is 4.79 Å². The number of halogens is 1. The van der Waals surface area contributed by atoms with Crippen molar-refractivity contribution in [1.82, 2.24) is 0 Å². The molecule has 72 valence electrons. The highest BCUT2D eigenvalue weighted by Crippen LogP contribution is 2.01. The van der Waals surface area contributed by atoms with E-state index < -0.39 is 36.6 Å². The first-order valence-electron chi connectivity index (χ1n) is 3.28. The summed E-state index contributed by atoms with van der Waals surface area (Å²) < 4.78 is 0. The van der Waals surface area contributed by atoms with Crippen molar-refractivity contribution in [3.05, 3.63) is 0 Å². The molecule has 5 nitrogen and oxygen atoms in total. The van der Waals surface area contributed by atoms with Gasteiger partial charge >= 0.3 is 0 Å². The van der Waals surface area contributed by atoms with Crippen LogP contribution in [0.1, 0.15) is 0 Å². The van der Waals surface area contributed by atoms with Crippen LogP contribution in [0.15, 0.2) is 0 Å². The molecule has 0 aliphatic heterocycles. The monoisotopic (exact) mass is 198 g/mol. The first-order chi connectivity index (χ1) is 5.54. The molecule has 0 saturated heterocycles. The minimum atomic E-state index is -1.75. The minimum Gasteiger partial charge on any atom is -0.394 e. The predicted octanol–water partition coefficient (Wildman–Crippen LogP) is -2.13. The maximum absolute atomic E-state index is 10.6. The molecular formula is C6H11ClO5. The Balaban J connectivity index is 4.08. The Morgan fingerprint density at radius 2 is 1.83 bits per heavy atom. The number of aliphatic hydroxyl groups excluding tert-OH is 4. The Labute approximate surface area is 74.2 Å². The number of carbonyl (C=O) groups excluding carboxylic acids is 1. The summed E-state index contributed by atoms with van der Waals surface area (Å²) >= 11 is 5.07. The second-order valence-electron chi connectivity index (χ2n) is 2.29. The van der Waals surface area contributed by atoms with Crippen LogP contribution in [0.5, 0.6) is 0 Å². The van der Waals surface area contributed by atoms with Crippen molar-refractivity contribution in [1.29, 1.82) is 0 Å². The van der Waals surface area contributed by atoms with Gasteiger partial charge in [0.1, 0.15) is 18.3 Å². The third-order valence-corrected chi connectivity index (χ3v) is 1.63. The van der Waals surface area contributed by atoms with Crippen LogP contribution in [-0.4, -0.2) is 57.0 Å². The van der Waals surface area contributed by atoms with Gasteiger partial charge in [0.15, 0.2) is 5.78 Å². The summed E-state index contributed by atoms with van der Waals surface area (Å²) in [5, 5.41) is 35.0. The lowest BCUT2D eigenvalue weighted by atomic mass is 10.1. The highest BCUT2D eigenvalue weighted by Gasteiger charge is 2.28. The number of rotatable bonds is 5. The van der Waals surface area contributed by atoms with Gasteiger partial charge in [-0.15, -0.1) is 11.6 Å². The van der Waals surface area contributed by atoms with Crippen molar-refractivity contribution in [2.24, 2.45) is 0 Å². The largest absolute Gasteiger partial charge is 0.394 e.